The van der Waals surface area contributed by atoms with Crippen molar-refractivity contribution in [3.05, 3.63) is 52.0 Å². The van der Waals surface area contributed by atoms with Gasteiger partial charge < -0.3 is 9.47 Å². The van der Waals surface area contributed by atoms with Gasteiger partial charge in [0.15, 0.2) is 0 Å². The third-order valence-electron chi connectivity index (χ3n) is 3.98. The molecule has 2 aromatic carbocycles. The van der Waals surface area contributed by atoms with Gasteiger partial charge in [0, 0.05) is 6.54 Å². The number of halogens is 1. The van der Waals surface area contributed by atoms with E-state index in [1.165, 1.54) is 7.11 Å². The molecule has 0 aliphatic heterocycles. The summed E-state index contributed by atoms with van der Waals surface area (Å²) in [5.41, 5.74) is 3.31. The minimum absolute atomic E-state index is 0.110. The third kappa shape index (κ3) is 4.47. The van der Waals surface area contributed by atoms with Gasteiger partial charge in [0.05, 0.1) is 22.7 Å². The maximum absolute atomic E-state index is 11.5. The van der Waals surface area contributed by atoms with Gasteiger partial charge >= 0.3 is 5.97 Å². The average Bonchev–Trinajstić information content (AvgIpc) is 3.03. The highest BCUT2D eigenvalue weighted by Gasteiger charge is 2.17. The number of benzene rings is 2. The van der Waals surface area contributed by atoms with E-state index in [9.17, 15) is 4.79 Å². The fourth-order valence-electron chi connectivity index (χ4n) is 2.68. The molecule has 3 rings (SSSR count). The van der Waals surface area contributed by atoms with E-state index in [4.69, 9.17) is 9.47 Å². The van der Waals surface area contributed by atoms with Crippen LogP contribution in [0.25, 0.3) is 11.0 Å². The minimum atomic E-state index is -0.353. The van der Waals surface area contributed by atoms with Crippen LogP contribution in [0.15, 0.2) is 40.9 Å². The zero-order chi connectivity index (χ0) is 19.6. The summed E-state index contributed by atoms with van der Waals surface area (Å²) >= 11 is 3.59. The predicted octanol–water partition coefficient (Wildman–Crippen LogP) is 4.61. The molecule has 0 unspecified atom stereocenters. The van der Waals surface area contributed by atoms with Crippen molar-refractivity contribution < 1.29 is 14.3 Å². The first kappa shape index (κ1) is 19.4. The van der Waals surface area contributed by atoms with Crippen LogP contribution < -0.4 is 4.74 Å². The van der Waals surface area contributed by atoms with E-state index < -0.39 is 0 Å². The van der Waals surface area contributed by atoms with Gasteiger partial charge in [-0.05, 0) is 51.2 Å². The van der Waals surface area contributed by atoms with Crippen LogP contribution in [-0.2, 0) is 17.9 Å². The van der Waals surface area contributed by atoms with Gasteiger partial charge in [-0.15, -0.1) is 5.10 Å². The molecular weight excluding hydrogens is 410 g/mol. The summed E-state index contributed by atoms with van der Waals surface area (Å²) in [6.45, 7) is 7.65. The van der Waals surface area contributed by atoms with Gasteiger partial charge in [-0.1, -0.05) is 38.1 Å². The molecule has 0 amide bonds. The number of hydrogen-bond donors (Lipinski definition) is 0. The molecule has 0 N–H and O–H groups in total. The number of rotatable bonds is 5. The lowest BCUT2D eigenvalue weighted by molar-refractivity contribution is 0.0600. The standard InChI is InChI=1S/C20H22BrN3O3/c1-20(2,3)12-24-15-9-10-16(17(21)18(15)22-23-24)27-11-13-5-7-14(8-6-13)19(25)26-4/h5-10H,11-12H2,1-4H3. The van der Waals surface area contributed by atoms with Crippen LogP contribution in [0, 0.1) is 5.41 Å². The van der Waals surface area contributed by atoms with E-state index in [1.54, 1.807) is 12.1 Å². The molecule has 0 radical (unpaired) electrons. The lowest BCUT2D eigenvalue weighted by Gasteiger charge is -2.18. The molecule has 0 aliphatic rings. The minimum Gasteiger partial charge on any atom is -0.488 e. The summed E-state index contributed by atoms with van der Waals surface area (Å²) in [5.74, 6) is 0.344. The second-order valence-electron chi connectivity index (χ2n) is 7.53. The van der Waals surface area contributed by atoms with Gasteiger partial charge in [0.1, 0.15) is 17.9 Å². The van der Waals surface area contributed by atoms with E-state index in [-0.39, 0.29) is 11.4 Å². The molecule has 3 aromatic rings. The molecule has 142 valence electrons. The Labute approximate surface area is 166 Å². The Bertz CT molecular complexity index is 959. The summed E-state index contributed by atoms with van der Waals surface area (Å²) in [6.07, 6.45) is 0. The monoisotopic (exact) mass is 431 g/mol. The van der Waals surface area contributed by atoms with Gasteiger partial charge in [-0.25, -0.2) is 9.48 Å². The second-order valence-corrected chi connectivity index (χ2v) is 8.32. The van der Waals surface area contributed by atoms with Crippen molar-refractivity contribution in [3.63, 3.8) is 0 Å². The normalized spacial score (nSPS) is 11.6. The molecule has 0 spiro atoms. The maximum atomic E-state index is 11.5. The van der Waals surface area contributed by atoms with Crippen molar-refractivity contribution in [2.75, 3.05) is 7.11 Å². The fraction of sp³-hybridized carbons (Fsp3) is 0.350. The van der Waals surface area contributed by atoms with Gasteiger partial charge in [0.25, 0.3) is 0 Å². The van der Waals surface area contributed by atoms with Crippen molar-refractivity contribution in [1.82, 2.24) is 15.0 Å². The highest BCUT2D eigenvalue weighted by atomic mass is 79.9. The van der Waals surface area contributed by atoms with Crippen LogP contribution in [0.1, 0.15) is 36.7 Å². The summed E-state index contributed by atoms with van der Waals surface area (Å²) in [7, 11) is 1.37. The van der Waals surface area contributed by atoms with E-state index in [0.29, 0.717) is 17.9 Å². The number of esters is 1. The highest BCUT2D eigenvalue weighted by Crippen LogP contribution is 2.33. The van der Waals surface area contributed by atoms with E-state index in [0.717, 1.165) is 27.6 Å². The summed E-state index contributed by atoms with van der Waals surface area (Å²) in [6, 6.07) is 11.0. The first-order chi connectivity index (χ1) is 12.8. The third-order valence-corrected chi connectivity index (χ3v) is 4.75. The zero-order valence-electron chi connectivity index (χ0n) is 15.8. The molecule has 0 bridgehead atoms. The Balaban J connectivity index is 1.76. The van der Waals surface area contributed by atoms with Gasteiger partial charge in [-0.3, -0.25) is 0 Å². The summed E-state index contributed by atoms with van der Waals surface area (Å²) < 4.78 is 13.3. The number of methoxy groups -OCH3 is 1. The van der Waals surface area contributed by atoms with Gasteiger partial charge in [0.2, 0.25) is 0 Å². The highest BCUT2D eigenvalue weighted by molar-refractivity contribution is 9.10. The number of carbonyl (C=O) groups is 1. The number of hydrogen-bond acceptors (Lipinski definition) is 5. The molecule has 1 aromatic heterocycles. The number of carbonyl (C=O) groups excluding carboxylic acids is 1. The Hall–Kier alpha value is -2.41. The average molecular weight is 432 g/mol. The molecule has 6 nitrogen and oxygen atoms in total. The second kappa shape index (κ2) is 7.68. The zero-order valence-corrected chi connectivity index (χ0v) is 17.4. The molecular formula is C20H22BrN3O3. The van der Waals surface area contributed by atoms with Gasteiger partial charge in [-0.2, -0.15) is 0 Å². The molecule has 1 heterocycles. The van der Waals surface area contributed by atoms with Crippen LogP contribution in [-0.4, -0.2) is 28.1 Å². The quantitative estimate of drug-likeness (QED) is 0.551. The first-order valence-corrected chi connectivity index (χ1v) is 9.39. The topological polar surface area (TPSA) is 66.2 Å². The molecule has 7 heteroatoms. The van der Waals surface area contributed by atoms with Crippen molar-refractivity contribution in [2.45, 2.75) is 33.9 Å². The first-order valence-electron chi connectivity index (χ1n) is 8.60. The smallest absolute Gasteiger partial charge is 0.337 e. The molecule has 0 atom stereocenters. The van der Waals surface area contributed by atoms with Crippen LogP contribution in [0.2, 0.25) is 0 Å². The van der Waals surface area contributed by atoms with Crippen molar-refractivity contribution in [1.29, 1.82) is 0 Å². The molecule has 0 aliphatic carbocycles. The van der Waals surface area contributed by atoms with E-state index >= 15 is 0 Å². The summed E-state index contributed by atoms with van der Waals surface area (Å²) in [5, 5.41) is 8.57. The molecule has 0 saturated carbocycles. The number of ether oxygens (including phenoxy) is 2. The maximum Gasteiger partial charge on any atom is 0.337 e. The number of fused-ring (bicyclic) bond motifs is 1. The number of aromatic nitrogens is 3. The predicted molar refractivity (Wildman–Crippen MR) is 107 cm³/mol. The number of nitrogens with zero attached hydrogens (tertiary/aromatic N) is 3. The lowest BCUT2D eigenvalue weighted by Crippen LogP contribution is -2.16. The lowest BCUT2D eigenvalue weighted by atomic mass is 9.97. The molecule has 0 fully saturated rings. The molecule has 0 saturated heterocycles. The van der Waals surface area contributed by atoms with E-state index in [1.807, 2.05) is 28.9 Å². The Kier molecular flexibility index (Phi) is 5.51. The largest absolute Gasteiger partial charge is 0.488 e. The van der Waals surface area contributed by atoms with Crippen molar-refractivity contribution in [2.24, 2.45) is 5.41 Å². The molecule has 27 heavy (non-hydrogen) atoms. The summed E-state index contributed by atoms with van der Waals surface area (Å²) in [4.78, 5) is 11.5. The van der Waals surface area contributed by atoms with Crippen LogP contribution in [0.3, 0.4) is 0 Å². The van der Waals surface area contributed by atoms with Crippen molar-refractivity contribution >= 4 is 32.9 Å². The van der Waals surface area contributed by atoms with Crippen LogP contribution in [0.5, 0.6) is 5.75 Å². The Morgan fingerprint density at radius 3 is 2.48 bits per heavy atom. The van der Waals surface area contributed by atoms with E-state index in [2.05, 4.69) is 47.0 Å². The van der Waals surface area contributed by atoms with Crippen LogP contribution in [0.4, 0.5) is 0 Å². The Morgan fingerprint density at radius 1 is 1.15 bits per heavy atom. The van der Waals surface area contributed by atoms with Crippen molar-refractivity contribution in [3.8, 4) is 5.75 Å². The fourth-order valence-corrected chi connectivity index (χ4v) is 3.21. The Morgan fingerprint density at radius 2 is 1.85 bits per heavy atom. The van der Waals surface area contributed by atoms with Crippen LogP contribution >= 0.6 is 15.9 Å². The SMILES string of the molecule is COC(=O)c1ccc(COc2ccc3c(nnn3CC(C)(C)C)c2Br)cc1.